The van der Waals surface area contributed by atoms with Gasteiger partial charge in [0.05, 0.1) is 36.8 Å². The number of carbonyl (C=O) groups excluding carboxylic acids is 1. The van der Waals surface area contributed by atoms with Gasteiger partial charge in [0.25, 0.3) is 0 Å². The summed E-state index contributed by atoms with van der Waals surface area (Å²) in [5.41, 5.74) is 3.60. The van der Waals surface area contributed by atoms with E-state index in [1.165, 1.54) is 0 Å². The minimum absolute atomic E-state index is 0.203. The van der Waals surface area contributed by atoms with E-state index in [4.69, 9.17) is 4.74 Å². The standard InChI is InChI=1S/C25H26N4O3/c1-32-19-13-11-17(12-14-19)15-22(24-26-20-9-5-6-10-21(20)27-24)28-25(31)29-23(16-30)18-7-3-2-4-8-18/h2-14,22-23,30H,15-16H2,1H3,(H,26,27)(H2,28,29,31)/t22-,23-/m1/s1. The second-order valence-electron chi connectivity index (χ2n) is 7.51. The molecule has 0 radical (unpaired) electrons. The summed E-state index contributed by atoms with van der Waals surface area (Å²) in [5, 5.41) is 15.7. The number of rotatable bonds is 8. The summed E-state index contributed by atoms with van der Waals surface area (Å²) < 4.78 is 5.24. The molecule has 3 aromatic carbocycles. The molecule has 2 amide bonds. The summed E-state index contributed by atoms with van der Waals surface area (Å²) in [6.45, 7) is -0.203. The number of ether oxygens (including phenoxy) is 1. The van der Waals surface area contributed by atoms with Crippen LogP contribution in [0.1, 0.15) is 29.0 Å². The second-order valence-corrected chi connectivity index (χ2v) is 7.51. The number of urea groups is 1. The van der Waals surface area contributed by atoms with E-state index < -0.39 is 12.1 Å². The highest BCUT2D eigenvalue weighted by atomic mass is 16.5. The molecule has 0 aliphatic rings. The Bertz CT molecular complexity index is 1130. The van der Waals surface area contributed by atoms with E-state index in [1.54, 1.807) is 7.11 Å². The molecule has 4 aromatic rings. The van der Waals surface area contributed by atoms with Crippen LogP contribution in [0.3, 0.4) is 0 Å². The second kappa shape index (κ2) is 9.98. The van der Waals surface area contributed by atoms with Crippen LogP contribution in [-0.2, 0) is 6.42 Å². The third-order valence-corrected chi connectivity index (χ3v) is 5.33. The zero-order valence-electron chi connectivity index (χ0n) is 17.8. The Labute approximate surface area is 186 Å². The largest absolute Gasteiger partial charge is 0.497 e. The van der Waals surface area contributed by atoms with Crippen LogP contribution in [0, 0.1) is 0 Å². The highest BCUT2D eigenvalue weighted by Gasteiger charge is 2.21. The molecule has 1 aromatic heterocycles. The number of H-pyrrole nitrogens is 1. The Morgan fingerprint density at radius 1 is 0.969 bits per heavy atom. The van der Waals surface area contributed by atoms with Crippen molar-refractivity contribution in [2.24, 2.45) is 0 Å². The topological polar surface area (TPSA) is 99.3 Å². The number of nitrogens with zero attached hydrogens (tertiary/aromatic N) is 1. The zero-order valence-corrected chi connectivity index (χ0v) is 17.8. The summed E-state index contributed by atoms with van der Waals surface area (Å²) >= 11 is 0. The molecule has 0 spiro atoms. The SMILES string of the molecule is COc1ccc(C[C@@H](NC(=O)N[C@H](CO)c2ccccc2)c2nc3ccccc3[nH]2)cc1. The molecule has 4 N–H and O–H groups in total. The van der Waals surface area contributed by atoms with Gasteiger partial charge in [0.1, 0.15) is 11.6 Å². The number of benzene rings is 3. The van der Waals surface area contributed by atoms with E-state index in [1.807, 2.05) is 78.9 Å². The van der Waals surface area contributed by atoms with Crippen molar-refractivity contribution >= 4 is 17.1 Å². The molecule has 1 heterocycles. The molecule has 0 unspecified atom stereocenters. The van der Waals surface area contributed by atoms with Gasteiger partial charge in [-0.2, -0.15) is 0 Å². The predicted octanol–water partition coefficient (Wildman–Crippen LogP) is 3.89. The fourth-order valence-electron chi connectivity index (χ4n) is 3.63. The minimum atomic E-state index is -0.506. The fourth-order valence-corrected chi connectivity index (χ4v) is 3.63. The maximum absolute atomic E-state index is 12.9. The molecule has 32 heavy (non-hydrogen) atoms. The Kier molecular flexibility index (Phi) is 6.67. The van der Waals surface area contributed by atoms with Crippen LogP contribution in [0.5, 0.6) is 5.75 Å². The fraction of sp³-hybridized carbons (Fsp3) is 0.200. The first kappa shape index (κ1) is 21.4. The smallest absolute Gasteiger partial charge is 0.315 e. The van der Waals surface area contributed by atoms with Crippen molar-refractivity contribution in [3.63, 3.8) is 0 Å². The van der Waals surface area contributed by atoms with Crippen LogP contribution < -0.4 is 15.4 Å². The highest BCUT2D eigenvalue weighted by molar-refractivity contribution is 5.77. The molecule has 164 valence electrons. The lowest BCUT2D eigenvalue weighted by atomic mass is 10.1. The predicted molar refractivity (Wildman–Crippen MR) is 123 cm³/mol. The molecule has 4 rings (SSSR count). The van der Waals surface area contributed by atoms with Gasteiger partial charge >= 0.3 is 6.03 Å². The molecule has 0 saturated carbocycles. The number of aliphatic hydroxyl groups is 1. The molecule has 7 nitrogen and oxygen atoms in total. The molecular weight excluding hydrogens is 404 g/mol. The van der Waals surface area contributed by atoms with Crippen molar-refractivity contribution < 1.29 is 14.6 Å². The number of methoxy groups -OCH3 is 1. The number of aliphatic hydroxyl groups excluding tert-OH is 1. The van der Waals surface area contributed by atoms with Crippen LogP contribution in [0.2, 0.25) is 0 Å². The Morgan fingerprint density at radius 3 is 2.34 bits per heavy atom. The quantitative estimate of drug-likeness (QED) is 0.341. The third-order valence-electron chi connectivity index (χ3n) is 5.33. The van der Waals surface area contributed by atoms with E-state index in [0.717, 1.165) is 27.9 Å². The van der Waals surface area contributed by atoms with E-state index in [-0.39, 0.29) is 12.6 Å². The lowest BCUT2D eigenvalue weighted by Gasteiger charge is -2.21. The summed E-state index contributed by atoms with van der Waals surface area (Å²) in [4.78, 5) is 20.9. The molecule has 2 atom stereocenters. The molecule has 0 saturated heterocycles. The van der Waals surface area contributed by atoms with Crippen molar-refractivity contribution in [2.45, 2.75) is 18.5 Å². The number of nitrogens with one attached hydrogen (secondary N) is 3. The van der Waals surface area contributed by atoms with Gasteiger partial charge in [-0.05, 0) is 41.8 Å². The molecular formula is C25H26N4O3. The van der Waals surface area contributed by atoms with Crippen LogP contribution in [-0.4, -0.2) is 34.8 Å². The van der Waals surface area contributed by atoms with Crippen LogP contribution in [0.4, 0.5) is 4.79 Å². The van der Waals surface area contributed by atoms with Crippen molar-refractivity contribution in [2.75, 3.05) is 13.7 Å². The molecule has 0 aliphatic carbocycles. The number of hydrogen-bond acceptors (Lipinski definition) is 4. The normalized spacial score (nSPS) is 12.8. The monoisotopic (exact) mass is 430 g/mol. The Balaban J connectivity index is 1.55. The van der Waals surface area contributed by atoms with Gasteiger partial charge < -0.3 is 25.5 Å². The van der Waals surface area contributed by atoms with Gasteiger partial charge in [-0.15, -0.1) is 0 Å². The Morgan fingerprint density at radius 2 is 1.66 bits per heavy atom. The summed E-state index contributed by atoms with van der Waals surface area (Å²) in [6, 6.07) is 23.6. The summed E-state index contributed by atoms with van der Waals surface area (Å²) in [5.74, 6) is 1.44. The highest BCUT2D eigenvalue weighted by Crippen LogP contribution is 2.22. The molecule has 0 aliphatic heterocycles. The number of carbonyl (C=O) groups is 1. The average molecular weight is 431 g/mol. The molecule has 0 fully saturated rings. The maximum Gasteiger partial charge on any atom is 0.315 e. The van der Waals surface area contributed by atoms with Gasteiger partial charge in [0, 0.05) is 0 Å². The first-order chi connectivity index (χ1) is 15.7. The number of aromatic nitrogens is 2. The van der Waals surface area contributed by atoms with Gasteiger partial charge in [-0.25, -0.2) is 9.78 Å². The van der Waals surface area contributed by atoms with Gasteiger partial charge in [-0.3, -0.25) is 0 Å². The van der Waals surface area contributed by atoms with Crippen molar-refractivity contribution in [3.05, 3.63) is 95.8 Å². The van der Waals surface area contributed by atoms with Crippen LogP contribution >= 0.6 is 0 Å². The lowest BCUT2D eigenvalue weighted by Crippen LogP contribution is -2.41. The third kappa shape index (κ3) is 5.07. The number of para-hydroxylation sites is 2. The summed E-state index contributed by atoms with van der Waals surface area (Å²) in [6.07, 6.45) is 0.534. The maximum atomic E-state index is 12.9. The van der Waals surface area contributed by atoms with E-state index in [2.05, 4.69) is 20.6 Å². The van der Waals surface area contributed by atoms with Gasteiger partial charge in [-0.1, -0.05) is 54.6 Å². The molecule has 7 heteroatoms. The molecule has 0 bridgehead atoms. The lowest BCUT2D eigenvalue weighted by molar-refractivity contribution is 0.213. The van der Waals surface area contributed by atoms with Crippen molar-refractivity contribution in [1.29, 1.82) is 0 Å². The van der Waals surface area contributed by atoms with E-state index >= 15 is 0 Å². The summed E-state index contributed by atoms with van der Waals surface area (Å²) in [7, 11) is 1.63. The van der Waals surface area contributed by atoms with Gasteiger partial charge in [0.2, 0.25) is 0 Å². The van der Waals surface area contributed by atoms with Crippen LogP contribution in [0.15, 0.2) is 78.9 Å². The van der Waals surface area contributed by atoms with E-state index in [0.29, 0.717) is 12.2 Å². The van der Waals surface area contributed by atoms with Gasteiger partial charge in [0.15, 0.2) is 0 Å². The minimum Gasteiger partial charge on any atom is -0.497 e. The average Bonchev–Trinajstić information content (AvgIpc) is 3.27. The number of fused-ring (bicyclic) bond motifs is 1. The first-order valence-corrected chi connectivity index (χ1v) is 10.5. The van der Waals surface area contributed by atoms with Crippen LogP contribution in [0.25, 0.3) is 11.0 Å². The number of imidazole rings is 1. The van der Waals surface area contributed by atoms with E-state index in [9.17, 15) is 9.90 Å². The number of hydrogen-bond donors (Lipinski definition) is 4. The Hall–Kier alpha value is -3.84. The zero-order chi connectivity index (χ0) is 22.3. The number of amides is 2. The first-order valence-electron chi connectivity index (χ1n) is 10.5. The van der Waals surface area contributed by atoms with Crippen molar-refractivity contribution in [3.8, 4) is 5.75 Å². The van der Waals surface area contributed by atoms with Crippen molar-refractivity contribution in [1.82, 2.24) is 20.6 Å². The number of aromatic amines is 1.